The van der Waals surface area contributed by atoms with Gasteiger partial charge in [0.25, 0.3) is 0 Å². The SMILES string of the molecule is O=[N+]([O-])CC1CC(c2ccccc2)(c2ccccc2)N(c2ccccc2)O1. The first kappa shape index (κ1) is 17.2. The minimum Gasteiger partial charge on any atom is -0.264 e. The lowest BCUT2D eigenvalue weighted by atomic mass is 9.78. The van der Waals surface area contributed by atoms with Gasteiger partial charge in [0.2, 0.25) is 6.54 Å². The fourth-order valence-electron chi connectivity index (χ4n) is 3.86. The summed E-state index contributed by atoms with van der Waals surface area (Å²) in [7, 11) is 0. The molecule has 4 rings (SSSR count). The van der Waals surface area contributed by atoms with Crippen molar-refractivity contribution in [2.45, 2.75) is 18.1 Å². The van der Waals surface area contributed by atoms with Crippen LogP contribution in [0.15, 0.2) is 91.0 Å². The first-order valence-electron chi connectivity index (χ1n) is 8.95. The van der Waals surface area contributed by atoms with Crippen molar-refractivity contribution in [1.82, 2.24) is 0 Å². The highest BCUT2D eigenvalue weighted by atomic mass is 16.7. The highest BCUT2D eigenvalue weighted by Crippen LogP contribution is 2.48. The molecule has 0 aromatic heterocycles. The zero-order valence-electron chi connectivity index (χ0n) is 14.8. The molecule has 3 aromatic carbocycles. The van der Waals surface area contributed by atoms with Crippen molar-refractivity contribution in [3.05, 3.63) is 112 Å². The molecule has 136 valence electrons. The zero-order valence-corrected chi connectivity index (χ0v) is 14.8. The lowest BCUT2D eigenvalue weighted by Gasteiger charge is -2.38. The summed E-state index contributed by atoms with van der Waals surface area (Å²) >= 11 is 0. The third-order valence-corrected chi connectivity index (χ3v) is 4.97. The predicted molar refractivity (Wildman–Crippen MR) is 104 cm³/mol. The molecular formula is C22H20N2O3. The van der Waals surface area contributed by atoms with Gasteiger partial charge >= 0.3 is 0 Å². The van der Waals surface area contributed by atoms with Crippen molar-refractivity contribution in [2.24, 2.45) is 0 Å². The molecule has 0 bridgehead atoms. The minimum absolute atomic E-state index is 0.231. The summed E-state index contributed by atoms with van der Waals surface area (Å²) < 4.78 is 0. The summed E-state index contributed by atoms with van der Waals surface area (Å²) in [6.07, 6.45) is -0.0164. The topological polar surface area (TPSA) is 55.6 Å². The Labute approximate surface area is 157 Å². The number of nitro groups is 1. The van der Waals surface area contributed by atoms with E-state index in [1.807, 2.05) is 71.8 Å². The zero-order chi connectivity index (χ0) is 18.7. The summed E-state index contributed by atoms with van der Waals surface area (Å²) in [6, 6.07) is 29.9. The summed E-state index contributed by atoms with van der Waals surface area (Å²) in [5.41, 5.74) is 2.33. The number of benzene rings is 3. The van der Waals surface area contributed by atoms with Gasteiger partial charge in [-0.05, 0) is 23.3 Å². The monoisotopic (exact) mass is 360 g/mol. The molecule has 0 radical (unpaired) electrons. The van der Waals surface area contributed by atoms with Crippen LogP contribution in [0.5, 0.6) is 0 Å². The van der Waals surface area contributed by atoms with Crippen molar-refractivity contribution in [2.75, 3.05) is 11.6 Å². The van der Waals surface area contributed by atoms with Crippen molar-refractivity contribution in [3.8, 4) is 0 Å². The molecule has 0 aliphatic carbocycles. The van der Waals surface area contributed by atoms with Gasteiger partial charge in [0.15, 0.2) is 6.10 Å². The van der Waals surface area contributed by atoms with Crippen molar-refractivity contribution < 1.29 is 9.76 Å². The number of para-hydroxylation sites is 1. The molecule has 3 aromatic rings. The van der Waals surface area contributed by atoms with Gasteiger partial charge in [-0.2, -0.15) is 0 Å². The van der Waals surface area contributed by atoms with Gasteiger partial charge < -0.3 is 0 Å². The minimum atomic E-state index is -0.634. The van der Waals surface area contributed by atoms with Gasteiger partial charge in [-0.15, -0.1) is 0 Å². The average molecular weight is 360 g/mol. The Balaban J connectivity index is 1.91. The molecule has 1 saturated heterocycles. The number of nitrogens with zero attached hydrogens (tertiary/aromatic N) is 2. The van der Waals surface area contributed by atoms with E-state index in [9.17, 15) is 10.1 Å². The van der Waals surface area contributed by atoms with E-state index in [-0.39, 0.29) is 11.5 Å². The number of hydroxylamine groups is 1. The molecule has 1 fully saturated rings. The third-order valence-electron chi connectivity index (χ3n) is 4.97. The normalized spacial score (nSPS) is 18.4. The molecule has 1 aliphatic rings. The van der Waals surface area contributed by atoms with Crippen LogP contribution in [0.3, 0.4) is 0 Å². The van der Waals surface area contributed by atoms with E-state index in [0.717, 1.165) is 16.8 Å². The standard InChI is InChI=1S/C22H20N2O3/c25-23(26)17-21-16-22(18-10-4-1-5-11-18,19-12-6-2-7-13-19)24(27-21)20-14-8-3-9-15-20/h1-15,21H,16-17H2. The van der Waals surface area contributed by atoms with Crippen LogP contribution < -0.4 is 5.06 Å². The van der Waals surface area contributed by atoms with Gasteiger partial charge in [-0.25, -0.2) is 5.06 Å². The van der Waals surface area contributed by atoms with Crippen LogP contribution in [0.1, 0.15) is 17.5 Å². The van der Waals surface area contributed by atoms with E-state index in [4.69, 9.17) is 4.84 Å². The molecule has 0 N–H and O–H groups in total. The number of hydrogen-bond acceptors (Lipinski definition) is 4. The van der Waals surface area contributed by atoms with E-state index in [0.29, 0.717) is 6.42 Å². The molecule has 0 amide bonds. The van der Waals surface area contributed by atoms with Gasteiger partial charge in [-0.1, -0.05) is 78.9 Å². The molecule has 5 heteroatoms. The molecule has 1 heterocycles. The Kier molecular flexibility index (Phi) is 4.60. The molecule has 1 aliphatic heterocycles. The summed E-state index contributed by atoms with van der Waals surface area (Å²) in [5.74, 6) is 0. The second kappa shape index (κ2) is 7.21. The Morgan fingerprint density at radius 3 is 1.85 bits per heavy atom. The summed E-state index contributed by atoms with van der Waals surface area (Å²) in [4.78, 5) is 17.1. The van der Waals surface area contributed by atoms with Crippen LogP contribution in [0.2, 0.25) is 0 Å². The van der Waals surface area contributed by atoms with Gasteiger partial charge in [0, 0.05) is 11.3 Å². The maximum absolute atomic E-state index is 11.2. The predicted octanol–water partition coefficient (Wildman–Crippen LogP) is 4.42. The van der Waals surface area contributed by atoms with Crippen LogP contribution in [-0.4, -0.2) is 17.6 Å². The van der Waals surface area contributed by atoms with Gasteiger partial charge in [0.1, 0.15) is 5.54 Å². The van der Waals surface area contributed by atoms with Crippen molar-refractivity contribution >= 4 is 5.69 Å². The second-order valence-electron chi connectivity index (χ2n) is 6.67. The smallest absolute Gasteiger partial charge is 0.232 e. The Hall–Kier alpha value is -3.18. The van der Waals surface area contributed by atoms with Gasteiger partial charge in [0.05, 0.1) is 5.69 Å². The second-order valence-corrected chi connectivity index (χ2v) is 6.67. The highest BCUT2D eigenvalue weighted by molar-refractivity contribution is 5.55. The van der Waals surface area contributed by atoms with Crippen LogP contribution >= 0.6 is 0 Å². The van der Waals surface area contributed by atoms with Crippen molar-refractivity contribution in [3.63, 3.8) is 0 Å². The maximum atomic E-state index is 11.2. The van der Waals surface area contributed by atoms with E-state index in [2.05, 4.69) is 24.3 Å². The van der Waals surface area contributed by atoms with Crippen LogP contribution in [0.25, 0.3) is 0 Å². The molecule has 1 atom stereocenters. The van der Waals surface area contributed by atoms with Crippen LogP contribution in [-0.2, 0) is 10.4 Å². The molecule has 1 unspecified atom stereocenters. The van der Waals surface area contributed by atoms with E-state index < -0.39 is 11.6 Å². The van der Waals surface area contributed by atoms with Gasteiger partial charge in [-0.3, -0.25) is 15.0 Å². The largest absolute Gasteiger partial charge is 0.264 e. The molecule has 0 spiro atoms. The van der Waals surface area contributed by atoms with Crippen molar-refractivity contribution in [1.29, 1.82) is 0 Å². The Bertz CT molecular complexity index is 861. The lowest BCUT2D eigenvalue weighted by molar-refractivity contribution is -0.490. The first-order valence-corrected chi connectivity index (χ1v) is 8.95. The fourth-order valence-corrected chi connectivity index (χ4v) is 3.86. The number of rotatable bonds is 5. The van der Waals surface area contributed by atoms with Crippen LogP contribution in [0, 0.1) is 10.1 Å². The molecule has 0 saturated carbocycles. The average Bonchev–Trinajstić information content (AvgIpc) is 3.09. The summed E-state index contributed by atoms with van der Waals surface area (Å²) in [5, 5.41) is 13.0. The molecule has 5 nitrogen and oxygen atoms in total. The molecular weight excluding hydrogens is 340 g/mol. The fraction of sp³-hybridized carbons (Fsp3) is 0.182. The Morgan fingerprint density at radius 1 is 0.889 bits per heavy atom. The number of anilines is 1. The first-order chi connectivity index (χ1) is 13.2. The van der Waals surface area contributed by atoms with E-state index in [1.165, 1.54) is 0 Å². The Morgan fingerprint density at radius 2 is 1.37 bits per heavy atom. The maximum Gasteiger partial charge on any atom is 0.232 e. The summed E-state index contributed by atoms with van der Waals surface area (Å²) in [6.45, 7) is -0.231. The van der Waals surface area contributed by atoms with E-state index in [1.54, 1.807) is 0 Å². The quantitative estimate of drug-likeness (QED) is 0.499. The lowest BCUT2D eigenvalue weighted by Crippen LogP contribution is -2.41. The van der Waals surface area contributed by atoms with Crippen LogP contribution in [0.4, 0.5) is 5.69 Å². The third kappa shape index (κ3) is 3.17. The molecule has 27 heavy (non-hydrogen) atoms. The van der Waals surface area contributed by atoms with E-state index >= 15 is 0 Å². The highest BCUT2D eigenvalue weighted by Gasteiger charge is 2.51. The number of hydrogen-bond donors (Lipinski definition) is 0.